The van der Waals surface area contributed by atoms with Crippen LogP contribution >= 0.6 is 0 Å². The molecule has 5 nitrogen and oxygen atoms in total. The third-order valence-electron chi connectivity index (χ3n) is 4.82. The van der Waals surface area contributed by atoms with Gasteiger partial charge in [0, 0.05) is 37.3 Å². The summed E-state index contributed by atoms with van der Waals surface area (Å²) >= 11 is 0. The molecule has 3 rings (SSSR count). The maximum atomic E-state index is 12.3. The Kier molecular flexibility index (Phi) is 3.76. The van der Waals surface area contributed by atoms with Crippen LogP contribution in [0.1, 0.15) is 17.9 Å². The SMILES string of the molecule is COC(=O)C1c2ccc(OC)cc2N(C)C2CCNCC12. The van der Waals surface area contributed by atoms with E-state index in [0.29, 0.717) is 6.04 Å². The van der Waals surface area contributed by atoms with Crippen LogP contribution in [0.2, 0.25) is 0 Å². The van der Waals surface area contributed by atoms with Crippen LogP contribution < -0.4 is 15.0 Å². The summed E-state index contributed by atoms with van der Waals surface area (Å²) in [6.45, 7) is 1.83. The first-order chi connectivity index (χ1) is 10.2. The van der Waals surface area contributed by atoms with Gasteiger partial charge in [-0.2, -0.15) is 0 Å². The molecule has 0 saturated carbocycles. The third-order valence-corrected chi connectivity index (χ3v) is 4.82. The number of piperidine rings is 1. The average molecular weight is 290 g/mol. The highest BCUT2D eigenvalue weighted by Gasteiger charge is 2.44. The second kappa shape index (κ2) is 5.56. The van der Waals surface area contributed by atoms with Crippen molar-refractivity contribution in [1.82, 2.24) is 5.32 Å². The molecular weight excluding hydrogens is 268 g/mol. The minimum absolute atomic E-state index is 0.145. The Bertz CT molecular complexity index is 546. The van der Waals surface area contributed by atoms with E-state index >= 15 is 0 Å². The van der Waals surface area contributed by atoms with Gasteiger partial charge in [0.1, 0.15) is 5.75 Å². The first-order valence-corrected chi connectivity index (χ1v) is 7.36. The summed E-state index contributed by atoms with van der Waals surface area (Å²) in [5, 5.41) is 3.41. The van der Waals surface area contributed by atoms with Crippen molar-refractivity contribution in [2.45, 2.75) is 18.4 Å². The minimum atomic E-state index is -0.204. The molecule has 0 aromatic heterocycles. The summed E-state index contributed by atoms with van der Waals surface area (Å²) in [6.07, 6.45) is 1.03. The van der Waals surface area contributed by atoms with Gasteiger partial charge in [-0.25, -0.2) is 0 Å². The first kappa shape index (κ1) is 14.2. The van der Waals surface area contributed by atoms with Crippen molar-refractivity contribution in [3.05, 3.63) is 23.8 Å². The first-order valence-electron chi connectivity index (χ1n) is 7.36. The van der Waals surface area contributed by atoms with Crippen molar-refractivity contribution in [2.75, 3.05) is 39.3 Å². The second-order valence-electron chi connectivity index (χ2n) is 5.76. The van der Waals surface area contributed by atoms with Crippen LogP contribution in [0.15, 0.2) is 18.2 Å². The van der Waals surface area contributed by atoms with Gasteiger partial charge in [-0.1, -0.05) is 6.07 Å². The normalized spacial score (nSPS) is 27.6. The second-order valence-corrected chi connectivity index (χ2v) is 5.76. The Morgan fingerprint density at radius 2 is 2.19 bits per heavy atom. The number of fused-ring (bicyclic) bond motifs is 2. The highest BCUT2D eigenvalue weighted by Crippen LogP contribution is 2.45. The molecule has 2 aliphatic heterocycles. The molecule has 2 aliphatic rings. The van der Waals surface area contributed by atoms with Crippen molar-refractivity contribution in [2.24, 2.45) is 5.92 Å². The Morgan fingerprint density at radius 3 is 2.90 bits per heavy atom. The number of ether oxygens (including phenoxy) is 2. The third kappa shape index (κ3) is 2.25. The van der Waals surface area contributed by atoms with Gasteiger partial charge in [0.2, 0.25) is 0 Å². The molecule has 3 atom stereocenters. The van der Waals surface area contributed by atoms with Gasteiger partial charge >= 0.3 is 5.97 Å². The number of hydrogen-bond donors (Lipinski definition) is 1. The number of carbonyl (C=O) groups excluding carboxylic acids is 1. The van der Waals surface area contributed by atoms with Gasteiger partial charge in [-0.3, -0.25) is 4.79 Å². The molecule has 0 spiro atoms. The zero-order chi connectivity index (χ0) is 15.0. The minimum Gasteiger partial charge on any atom is -0.497 e. The predicted molar refractivity (Wildman–Crippen MR) is 80.9 cm³/mol. The molecule has 1 aromatic carbocycles. The summed E-state index contributed by atoms with van der Waals surface area (Å²) in [5.74, 6) is 0.715. The molecule has 21 heavy (non-hydrogen) atoms. The number of nitrogens with zero attached hydrogens (tertiary/aromatic N) is 1. The lowest BCUT2D eigenvalue weighted by Crippen LogP contribution is -2.54. The number of nitrogens with one attached hydrogen (secondary N) is 1. The van der Waals surface area contributed by atoms with Crippen LogP contribution in [-0.2, 0) is 9.53 Å². The maximum absolute atomic E-state index is 12.3. The molecule has 5 heteroatoms. The van der Waals surface area contributed by atoms with Gasteiger partial charge < -0.3 is 19.7 Å². The fourth-order valence-corrected chi connectivity index (χ4v) is 3.75. The van der Waals surface area contributed by atoms with E-state index in [9.17, 15) is 4.79 Å². The lowest BCUT2D eigenvalue weighted by atomic mass is 9.74. The smallest absolute Gasteiger partial charge is 0.313 e. The van der Waals surface area contributed by atoms with Crippen molar-refractivity contribution in [3.8, 4) is 5.75 Å². The molecule has 2 heterocycles. The van der Waals surface area contributed by atoms with E-state index in [1.54, 1.807) is 7.11 Å². The van der Waals surface area contributed by atoms with Gasteiger partial charge in [0.15, 0.2) is 0 Å². The number of rotatable bonds is 2. The molecule has 0 radical (unpaired) electrons. The van der Waals surface area contributed by atoms with Gasteiger partial charge in [-0.05, 0) is 24.6 Å². The van der Waals surface area contributed by atoms with Gasteiger partial charge in [0.25, 0.3) is 0 Å². The largest absolute Gasteiger partial charge is 0.497 e. The summed E-state index contributed by atoms with van der Waals surface area (Å²) in [4.78, 5) is 14.6. The molecule has 3 unspecified atom stereocenters. The molecule has 1 aromatic rings. The molecule has 1 N–H and O–H groups in total. The van der Waals surface area contributed by atoms with Gasteiger partial charge in [-0.15, -0.1) is 0 Å². The topological polar surface area (TPSA) is 50.8 Å². The van der Waals surface area contributed by atoms with Crippen LogP contribution in [-0.4, -0.2) is 46.4 Å². The fraction of sp³-hybridized carbons (Fsp3) is 0.562. The lowest BCUT2D eigenvalue weighted by Gasteiger charge is -2.47. The molecular formula is C16H22N2O3. The molecule has 114 valence electrons. The van der Waals surface area contributed by atoms with E-state index in [2.05, 4.69) is 17.3 Å². The van der Waals surface area contributed by atoms with E-state index in [1.807, 2.05) is 18.2 Å². The maximum Gasteiger partial charge on any atom is 0.313 e. The molecule has 0 amide bonds. The van der Waals surface area contributed by atoms with Crippen molar-refractivity contribution in [3.63, 3.8) is 0 Å². The molecule has 0 bridgehead atoms. The van der Waals surface area contributed by atoms with E-state index in [1.165, 1.54) is 7.11 Å². The summed E-state index contributed by atoms with van der Waals surface area (Å²) in [6, 6.07) is 6.29. The Hall–Kier alpha value is -1.75. The lowest BCUT2D eigenvalue weighted by molar-refractivity contribution is -0.144. The number of esters is 1. The predicted octanol–water partition coefficient (Wildman–Crippen LogP) is 1.38. The van der Waals surface area contributed by atoms with E-state index < -0.39 is 0 Å². The number of methoxy groups -OCH3 is 2. The Labute approximate surface area is 125 Å². The van der Waals surface area contributed by atoms with E-state index in [4.69, 9.17) is 9.47 Å². The summed E-state index contributed by atoms with van der Waals surface area (Å²) in [5.41, 5.74) is 2.11. The number of carbonyl (C=O) groups is 1. The standard InChI is InChI=1S/C16H22N2O3/c1-18-13-6-7-17-9-12(13)15(16(19)21-3)11-5-4-10(20-2)8-14(11)18/h4-5,8,12-13,15,17H,6-7,9H2,1-3H3. The molecule has 1 fully saturated rings. The van der Waals surface area contributed by atoms with E-state index in [0.717, 1.165) is 36.5 Å². The van der Waals surface area contributed by atoms with Crippen LogP contribution in [0.25, 0.3) is 0 Å². The summed E-state index contributed by atoms with van der Waals surface area (Å²) < 4.78 is 10.4. The van der Waals surface area contributed by atoms with Crippen LogP contribution in [0.3, 0.4) is 0 Å². The van der Waals surface area contributed by atoms with E-state index in [-0.39, 0.29) is 17.8 Å². The van der Waals surface area contributed by atoms with Crippen molar-refractivity contribution < 1.29 is 14.3 Å². The Balaban J connectivity index is 2.10. The monoisotopic (exact) mass is 290 g/mol. The fourth-order valence-electron chi connectivity index (χ4n) is 3.75. The zero-order valence-corrected chi connectivity index (χ0v) is 12.8. The van der Waals surface area contributed by atoms with Gasteiger partial charge in [0.05, 0.1) is 20.1 Å². The molecule has 0 aliphatic carbocycles. The molecule has 1 saturated heterocycles. The van der Waals surface area contributed by atoms with Crippen molar-refractivity contribution >= 4 is 11.7 Å². The summed E-state index contributed by atoms with van der Waals surface area (Å²) in [7, 11) is 5.24. The average Bonchev–Trinajstić information content (AvgIpc) is 2.54. The van der Waals surface area contributed by atoms with Crippen LogP contribution in [0.4, 0.5) is 5.69 Å². The zero-order valence-electron chi connectivity index (χ0n) is 12.8. The van der Waals surface area contributed by atoms with Crippen LogP contribution in [0, 0.1) is 5.92 Å². The van der Waals surface area contributed by atoms with Crippen molar-refractivity contribution in [1.29, 1.82) is 0 Å². The number of hydrogen-bond acceptors (Lipinski definition) is 5. The van der Waals surface area contributed by atoms with Crippen LogP contribution in [0.5, 0.6) is 5.75 Å². The number of anilines is 1. The highest BCUT2D eigenvalue weighted by atomic mass is 16.5. The Morgan fingerprint density at radius 1 is 1.38 bits per heavy atom. The quantitative estimate of drug-likeness (QED) is 0.834. The highest BCUT2D eigenvalue weighted by molar-refractivity contribution is 5.83. The number of benzene rings is 1.